The van der Waals surface area contributed by atoms with Crippen LogP contribution in [0.1, 0.15) is 19.3 Å². The zero-order valence-corrected chi connectivity index (χ0v) is 5.76. The third-order valence-corrected chi connectivity index (χ3v) is 1.58. The lowest BCUT2D eigenvalue weighted by atomic mass is 10.1. The first-order valence-electron chi connectivity index (χ1n) is 3.49. The van der Waals surface area contributed by atoms with Crippen LogP contribution in [0.3, 0.4) is 0 Å². The molecule has 1 saturated heterocycles. The quantitative estimate of drug-likeness (QED) is 0.498. The fourth-order valence-corrected chi connectivity index (χ4v) is 1.09. The van der Waals surface area contributed by atoms with Crippen LogP contribution in [-0.4, -0.2) is 23.7 Å². The van der Waals surface area contributed by atoms with Gasteiger partial charge in [-0.05, 0) is 12.8 Å². The van der Waals surface area contributed by atoms with Gasteiger partial charge in [0.25, 0.3) is 0 Å². The molecule has 58 valence electrons. The number of carboxylic acids is 1. The van der Waals surface area contributed by atoms with Crippen LogP contribution < -0.4 is 10.9 Å². The fourth-order valence-electron chi connectivity index (χ4n) is 1.09. The van der Waals surface area contributed by atoms with Crippen molar-refractivity contribution < 1.29 is 9.90 Å². The van der Waals surface area contributed by atoms with E-state index < -0.39 is 5.97 Å². The number of hydrogen-bond acceptors (Lipinski definition) is 3. The van der Waals surface area contributed by atoms with E-state index in [1.165, 1.54) is 0 Å². The number of hydrazine groups is 1. The number of carbonyl (C=O) groups is 1. The van der Waals surface area contributed by atoms with Gasteiger partial charge in [0.1, 0.15) is 0 Å². The van der Waals surface area contributed by atoms with E-state index >= 15 is 0 Å². The Morgan fingerprint density at radius 1 is 1.70 bits per heavy atom. The average molecular weight is 144 g/mol. The highest BCUT2D eigenvalue weighted by Gasteiger charge is 2.14. The summed E-state index contributed by atoms with van der Waals surface area (Å²) in [5.41, 5.74) is 5.85. The van der Waals surface area contributed by atoms with Crippen LogP contribution in [0.2, 0.25) is 0 Å². The maximum atomic E-state index is 10.2. The SMILES string of the molecule is O=C(O)CC1CCCNN1. The maximum absolute atomic E-state index is 10.2. The highest BCUT2D eigenvalue weighted by molar-refractivity contribution is 5.67. The third kappa shape index (κ3) is 2.33. The molecule has 0 radical (unpaired) electrons. The Labute approximate surface area is 59.6 Å². The molecule has 0 bridgehead atoms. The highest BCUT2D eigenvalue weighted by atomic mass is 16.4. The van der Waals surface area contributed by atoms with E-state index in [1.54, 1.807) is 0 Å². The lowest BCUT2D eigenvalue weighted by molar-refractivity contribution is -0.137. The van der Waals surface area contributed by atoms with E-state index in [1.807, 2.05) is 0 Å². The van der Waals surface area contributed by atoms with Gasteiger partial charge in [-0.15, -0.1) is 0 Å². The van der Waals surface area contributed by atoms with Gasteiger partial charge in [-0.25, -0.2) is 0 Å². The number of carboxylic acid groups (broad SMARTS) is 1. The van der Waals surface area contributed by atoms with E-state index in [4.69, 9.17) is 5.11 Å². The zero-order chi connectivity index (χ0) is 7.40. The van der Waals surface area contributed by atoms with Gasteiger partial charge >= 0.3 is 5.97 Å². The molecular formula is C6H12N2O2. The smallest absolute Gasteiger partial charge is 0.304 e. The van der Waals surface area contributed by atoms with Crippen molar-refractivity contribution >= 4 is 5.97 Å². The molecule has 1 unspecified atom stereocenters. The summed E-state index contributed by atoms with van der Waals surface area (Å²) in [5.74, 6) is -0.735. The lowest BCUT2D eigenvalue weighted by Gasteiger charge is -2.22. The first kappa shape index (κ1) is 7.50. The Bertz CT molecular complexity index is 121. The Morgan fingerprint density at radius 2 is 2.50 bits per heavy atom. The molecule has 4 heteroatoms. The molecule has 1 heterocycles. The summed E-state index contributed by atoms with van der Waals surface area (Å²) in [6.45, 7) is 0.941. The van der Waals surface area contributed by atoms with Gasteiger partial charge in [-0.2, -0.15) is 0 Å². The normalized spacial score (nSPS) is 26.2. The standard InChI is InChI=1S/C6H12N2O2/c9-6(10)4-5-2-1-3-7-8-5/h5,7-8H,1-4H2,(H,9,10). The van der Waals surface area contributed by atoms with Crippen molar-refractivity contribution in [3.8, 4) is 0 Å². The van der Waals surface area contributed by atoms with Gasteiger partial charge in [-0.1, -0.05) is 0 Å². The zero-order valence-electron chi connectivity index (χ0n) is 5.76. The van der Waals surface area contributed by atoms with E-state index in [-0.39, 0.29) is 12.5 Å². The van der Waals surface area contributed by atoms with Crippen LogP contribution in [0, 0.1) is 0 Å². The summed E-state index contributed by atoms with van der Waals surface area (Å²) < 4.78 is 0. The van der Waals surface area contributed by atoms with Crippen LogP contribution in [0.25, 0.3) is 0 Å². The van der Waals surface area contributed by atoms with Crippen molar-refractivity contribution in [2.75, 3.05) is 6.54 Å². The Balaban J connectivity index is 2.19. The summed E-state index contributed by atoms with van der Waals surface area (Å²) in [7, 11) is 0. The second kappa shape index (κ2) is 3.53. The number of nitrogens with one attached hydrogen (secondary N) is 2. The summed E-state index contributed by atoms with van der Waals surface area (Å²) in [6.07, 6.45) is 2.23. The highest BCUT2D eigenvalue weighted by Crippen LogP contribution is 2.03. The van der Waals surface area contributed by atoms with Crippen molar-refractivity contribution in [1.29, 1.82) is 0 Å². The van der Waals surface area contributed by atoms with Gasteiger partial charge in [0.05, 0.1) is 6.42 Å². The number of rotatable bonds is 2. The van der Waals surface area contributed by atoms with Crippen LogP contribution >= 0.6 is 0 Å². The van der Waals surface area contributed by atoms with Crippen LogP contribution in [0.5, 0.6) is 0 Å². The van der Waals surface area contributed by atoms with Crippen LogP contribution in [0.4, 0.5) is 0 Å². The molecule has 0 spiro atoms. The first-order valence-corrected chi connectivity index (χ1v) is 3.49. The largest absolute Gasteiger partial charge is 0.481 e. The molecule has 0 aromatic heterocycles. The van der Waals surface area contributed by atoms with Crippen molar-refractivity contribution in [3.63, 3.8) is 0 Å². The minimum absolute atomic E-state index is 0.117. The van der Waals surface area contributed by atoms with Gasteiger partial charge in [0, 0.05) is 12.6 Å². The van der Waals surface area contributed by atoms with Crippen LogP contribution in [0.15, 0.2) is 0 Å². The minimum atomic E-state index is -0.735. The van der Waals surface area contributed by atoms with E-state index in [2.05, 4.69) is 10.9 Å². The fraction of sp³-hybridized carbons (Fsp3) is 0.833. The van der Waals surface area contributed by atoms with E-state index in [9.17, 15) is 4.79 Å². The molecule has 1 fully saturated rings. The number of aliphatic carboxylic acids is 1. The van der Waals surface area contributed by atoms with Gasteiger partial charge < -0.3 is 5.11 Å². The molecule has 0 aliphatic carbocycles. The van der Waals surface area contributed by atoms with Crippen molar-refractivity contribution in [2.24, 2.45) is 0 Å². The van der Waals surface area contributed by atoms with Crippen molar-refractivity contribution in [1.82, 2.24) is 10.9 Å². The number of hydrogen-bond donors (Lipinski definition) is 3. The third-order valence-electron chi connectivity index (χ3n) is 1.58. The second-order valence-electron chi connectivity index (χ2n) is 2.51. The molecule has 1 aliphatic rings. The molecular weight excluding hydrogens is 132 g/mol. The molecule has 3 N–H and O–H groups in total. The molecule has 1 atom stereocenters. The van der Waals surface area contributed by atoms with Gasteiger partial charge in [0.15, 0.2) is 0 Å². The van der Waals surface area contributed by atoms with E-state index in [0.717, 1.165) is 19.4 Å². The van der Waals surface area contributed by atoms with Crippen molar-refractivity contribution in [2.45, 2.75) is 25.3 Å². The topological polar surface area (TPSA) is 61.4 Å². The predicted molar refractivity (Wildman–Crippen MR) is 36.4 cm³/mol. The Hall–Kier alpha value is -0.610. The summed E-state index contributed by atoms with van der Waals surface area (Å²) in [5, 5.41) is 8.40. The Kier molecular flexibility index (Phi) is 2.65. The molecule has 1 rings (SSSR count). The van der Waals surface area contributed by atoms with Gasteiger partial charge in [0.2, 0.25) is 0 Å². The molecule has 1 aliphatic heterocycles. The van der Waals surface area contributed by atoms with Crippen LogP contribution in [-0.2, 0) is 4.79 Å². The molecule has 10 heavy (non-hydrogen) atoms. The van der Waals surface area contributed by atoms with E-state index in [0.29, 0.717) is 0 Å². The minimum Gasteiger partial charge on any atom is -0.481 e. The molecule has 0 amide bonds. The molecule has 0 aromatic rings. The monoisotopic (exact) mass is 144 g/mol. The average Bonchev–Trinajstić information content (AvgIpc) is 1.88. The molecule has 0 saturated carbocycles. The van der Waals surface area contributed by atoms with Crippen molar-refractivity contribution in [3.05, 3.63) is 0 Å². The summed E-state index contributed by atoms with van der Waals surface area (Å²) in [4.78, 5) is 10.2. The molecule has 4 nitrogen and oxygen atoms in total. The lowest BCUT2D eigenvalue weighted by Crippen LogP contribution is -2.46. The van der Waals surface area contributed by atoms with Gasteiger partial charge in [-0.3, -0.25) is 15.6 Å². The Morgan fingerprint density at radius 3 is 3.00 bits per heavy atom. The predicted octanol–water partition coefficient (Wildman–Crippen LogP) is -0.282. The summed E-state index contributed by atoms with van der Waals surface area (Å²) >= 11 is 0. The molecule has 0 aromatic carbocycles. The second-order valence-corrected chi connectivity index (χ2v) is 2.51. The first-order chi connectivity index (χ1) is 4.79. The maximum Gasteiger partial charge on any atom is 0.304 e. The summed E-state index contributed by atoms with van der Waals surface area (Å²) in [6, 6.07) is 0.117.